The molecule has 0 unspecified atom stereocenters. The molecule has 3 aromatic rings. The first-order valence-electron chi connectivity index (χ1n) is 11.9. The summed E-state index contributed by atoms with van der Waals surface area (Å²) in [5, 5.41) is 14.4. The standard InChI is InChI=1S/C26H30FN5O3/c1-16(33)23(34)30-11-12-31(25(2,3)15-30)24(35)21-14-32-22(28-21)19(26(4)9-10-26)13-20(29-32)17-5-7-18(27)8-6-17/h5-8,13-14,16,33H,9-12,15H2,1-4H3/t16-/m0/s1. The fourth-order valence-electron chi connectivity index (χ4n) is 4.86. The highest BCUT2D eigenvalue weighted by Crippen LogP contribution is 2.49. The highest BCUT2D eigenvalue weighted by molar-refractivity contribution is 5.94. The maximum atomic E-state index is 13.6. The first-order valence-corrected chi connectivity index (χ1v) is 11.9. The van der Waals surface area contributed by atoms with Crippen LogP contribution in [-0.4, -0.2) is 72.6 Å². The van der Waals surface area contributed by atoms with Crippen molar-refractivity contribution in [3.05, 3.63) is 53.6 Å². The third-order valence-electron chi connectivity index (χ3n) is 7.25. The number of carbonyl (C=O) groups is 2. The molecular weight excluding hydrogens is 449 g/mol. The minimum atomic E-state index is -1.07. The summed E-state index contributed by atoms with van der Waals surface area (Å²) in [6, 6.07) is 8.21. The van der Waals surface area contributed by atoms with E-state index in [2.05, 4.69) is 6.92 Å². The molecule has 2 aliphatic rings. The lowest BCUT2D eigenvalue weighted by Crippen LogP contribution is -2.63. The lowest BCUT2D eigenvalue weighted by atomic mass is 9.97. The molecule has 184 valence electrons. The number of imidazole rings is 1. The van der Waals surface area contributed by atoms with E-state index in [1.165, 1.54) is 19.1 Å². The number of nitrogens with zero attached hydrogens (tertiary/aromatic N) is 5. The average Bonchev–Trinajstić information content (AvgIpc) is 3.41. The minimum absolute atomic E-state index is 0.0309. The van der Waals surface area contributed by atoms with E-state index < -0.39 is 11.6 Å². The number of benzene rings is 1. The molecule has 1 aromatic carbocycles. The van der Waals surface area contributed by atoms with Gasteiger partial charge in [0.15, 0.2) is 5.65 Å². The highest BCUT2D eigenvalue weighted by Gasteiger charge is 2.43. The monoisotopic (exact) mass is 479 g/mol. The van der Waals surface area contributed by atoms with E-state index in [0.29, 0.717) is 36.7 Å². The van der Waals surface area contributed by atoms with E-state index >= 15 is 0 Å². The van der Waals surface area contributed by atoms with Crippen molar-refractivity contribution in [2.24, 2.45) is 0 Å². The molecule has 1 aliphatic carbocycles. The summed E-state index contributed by atoms with van der Waals surface area (Å²) in [5.41, 5.74) is 2.80. The predicted molar refractivity (Wildman–Crippen MR) is 128 cm³/mol. The Balaban J connectivity index is 1.50. The van der Waals surface area contributed by atoms with Crippen LogP contribution in [0.4, 0.5) is 4.39 Å². The lowest BCUT2D eigenvalue weighted by molar-refractivity contribution is -0.143. The van der Waals surface area contributed by atoms with Crippen LogP contribution in [0.2, 0.25) is 0 Å². The number of aliphatic hydroxyl groups is 1. The molecule has 2 fully saturated rings. The number of rotatable bonds is 4. The summed E-state index contributed by atoms with van der Waals surface area (Å²) in [7, 11) is 0. The van der Waals surface area contributed by atoms with Gasteiger partial charge in [0.1, 0.15) is 17.6 Å². The van der Waals surface area contributed by atoms with Crippen LogP contribution in [0.5, 0.6) is 0 Å². The van der Waals surface area contributed by atoms with E-state index in [9.17, 15) is 19.1 Å². The number of aliphatic hydroxyl groups excluding tert-OH is 1. The number of fused-ring (bicyclic) bond motifs is 1. The normalized spacial score (nSPS) is 19.6. The van der Waals surface area contributed by atoms with Gasteiger partial charge in [-0.2, -0.15) is 5.10 Å². The number of piperazine rings is 1. The Morgan fingerprint density at radius 1 is 1.11 bits per heavy atom. The molecule has 0 bridgehead atoms. The molecule has 2 aromatic heterocycles. The number of halogens is 1. The predicted octanol–water partition coefficient (Wildman–Crippen LogP) is 3.03. The molecule has 35 heavy (non-hydrogen) atoms. The zero-order valence-electron chi connectivity index (χ0n) is 20.5. The summed E-state index contributed by atoms with van der Waals surface area (Å²) in [6.45, 7) is 8.46. The van der Waals surface area contributed by atoms with Gasteiger partial charge in [-0.1, -0.05) is 6.92 Å². The molecule has 1 aliphatic heterocycles. The van der Waals surface area contributed by atoms with Crippen LogP contribution >= 0.6 is 0 Å². The number of amides is 2. The summed E-state index contributed by atoms with van der Waals surface area (Å²) in [4.78, 5) is 33.9. The molecule has 0 radical (unpaired) electrons. The molecule has 9 heteroatoms. The smallest absolute Gasteiger partial charge is 0.274 e. The summed E-state index contributed by atoms with van der Waals surface area (Å²) < 4.78 is 15.1. The van der Waals surface area contributed by atoms with E-state index in [1.807, 2.05) is 19.9 Å². The van der Waals surface area contributed by atoms with Crippen LogP contribution < -0.4 is 0 Å². The molecule has 3 heterocycles. The molecule has 1 saturated carbocycles. The van der Waals surface area contributed by atoms with Crippen molar-refractivity contribution in [1.82, 2.24) is 24.4 Å². The largest absolute Gasteiger partial charge is 0.384 e. The van der Waals surface area contributed by atoms with Crippen LogP contribution in [0.15, 0.2) is 36.5 Å². The molecule has 1 saturated heterocycles. The fourth-order valence-corrected chi connectivity index (χ4v) is 4.86. The van der Waals surface area contributed by atoms with E-state index in [4.69, 9.17) is 10.1 Å². The zero-order chi connectivity index (χ0) is 25.1. The van der Waals surface area contributed by atoms with Crippen molar-refractivity contribution in [1.29, 1.82) is 0 Å². The first kappa shape index (κ1) is 23.4. The van der Waals surface area contributed by atoms with Crippen molar-refractivity contribution in [3.63, 3.8) is 0 Å². The van der Waals surface area contributed by atoms with E-state index in [0.717, 1.165) is 24.0 Å². The van der Waals surface area contributed by atoms with Gasteiger partial charge in [-0.3, -0.25) is 9.59 Å². The van der Waals surface area contributed by atoms with Crippen LogP contribution in [0.25, 0.3) is 16.9 Å². The molecule has 2 amide bonds. The zero-order valence-corrected chi connectivity index (χ0v) is 20.5. The van der Waals surface area contributed by atoms with Gasteiger partial charge < -0.3 is 14.9 Å². The molecule has 0 spiro atoms. The Bertz CT molecular complexity index is 1310. The summed E-state index contributed by atoms with van der Waals surface area (Å²) in [5.74, 6) is -0.866. The Kier molecular flexibility index (Phi) is 5.43. The van der Waals surface area contributed by atoms with Gasteiger partial charge in [0.25, 0.3) is 11.8 Å². The minimum Gasteiger partial charge on any atom is -0.384 e. The van der Waals surface area contributed by atoms with Crippen LogP contribution in [0, 0.1) is 5.82 Å². The summed E-state index contributed by atoms with van der Waals surface area (Å²) in [6.07, 6.45) is 2.63. The topological polar surface area (TPSA) is 91.0 Å². The van der Waals surface area contributed by atoms with Crippen molar-refractivity contribution >= 4 is 17.5 Å². The summed E-state index contributed by atoms with van der Waals surface area (Å²) >= 11 is 0. The second-order valence-corrected chi connectivity index (χ2v) is 10.6. The highest BCUT2D eigenvalue weighted by atomic mass is 19.1. The van der Waals surface area contributed by atoms with Gasteiger partial charge in [-0.05, 0) is 69.4 Å². The SMILES string of the molecule is C[C@H](O)C(=O)N1CCN(C(=O)c2cn3nc(-c4ccc(F)cc4)cc(C4(C)CC4)c3n2)C(C)(C)C1. The molecule has 8 nitrogen and oxygen atoms in total. The maximum Gasteiger partial charge on any atom is 0.274 e. The Morgan fingerprint density at radius 3 is 2.40 bits per heavy atom. The molecular formula is C26H30FN5O3. The fraction of sp³-hybridized carbons (Fsp3) is 0.462. The van der Waals surface area contributed by atoms with Crippen molar-refractivity contribution in [2.75, 3.05) is 19.6 Å². The van der Waals surface area contributed by atoms with Gasteiger partial charge >= 0.3 is 0 Å². The molecule has 5 rings (SSSR count). The van der Waals surface area contributed by atoms with Gasteiger partial charge in [-0.15, -0.1) is 0 Å². The second kappa shape index (κ2) is 8.12. The Labute approximate surface area is 203 Å². The van der Waals surface area contributed by atoms with Crippen LogP contribution in [0.1, 0.15) is 56.6 Å². The van der Waals surface area contributed by atoms with E-state index in [-0.39, 0.29) is 23.0 Å². The maximum absolute atomic E-state index is 13.6. The van der Waals surface area contributed by atoms with Gasteiger partial charge in [0.05, 0.1) is 17.4 Å². The van der Waals surface area contributed by atoms with Crippen molar-refractivity contribution in [2.45, 2.75) is 57.6 Å². The first-order chi connectivity index (χ1) is 16.5. The van der Waals surface area contributed by atoms with E-state index in [1.54, 1.807) is 32.6 Å². The molecule has 1 atom stereocenters. The van der Waals surface area contributed by atoms with Crippen LogP contribution in [0.3, 0.4) is 0 Å². The quantitative estimate of drug-likeness (QED) is 0.621. The Hall–Kier alpha value is -3.33. The number of hydrogen-bond donors (Lipinski definition) is 1. The van der Waals surface area contributed by atoms with Gasteiger partial charge in [0, 0.05) is 30.8 Å². The second-order valence-electron chi connectivity index (χ2n) is 10.6. The third-order valence-corrected chi connectivity index (χ3v) is 7.25. The lowest BCUT2D eigenvalue weighted by Gasteiger charge is -2.47. The number of aromatic nitrogens is 3. The van der Waals surface area contributed by atoms with Crippen molar-refractivity contribution < 1.29 is 19.1 Å². The van der Waals surface area contributed by atoms with Gasteiger partial charge in [0.2, 0.25) is 0 Å². The van der Waals surface area contributed by atoms with Crippen molar-refractivity contribution in [3.8, 4) is 11.3 Å². The van der Waals surface area contributed by atoms with Gasteiger partial charge in [-0.25, -0.2) is 13.9 Å². The molecule has 1 N–H and O–H groups in total. The number of carbonyl (C=O) groups excluding carboxylic acids is 2. The number of hydrogen-bond acceptors (Lipinski definition) is 5. The van der Waals surface area contributed by atoms with Crippen LogP contribution in [-0.2, 0) is 10.2 Å². The Morgan fingerprint density at radius 2 is 1.80 bits per heavy atom. The third kappa shape index (κ3) is 4.18. The average molecular weight is 480 g/mol.